The van der Waals surface area contributed by atoms with Crippen molar-refractivity contribution in [3.8, 4) is 11.5 Å². The SMILES string of the molecule is COc1ccc(NC(=O)C(C)(NC(=O)[C@]2(C)CCCN2C(=O)OCc2ccccc2)c2ccc(OC)cc2)cc1. The van der Waals surface area contributed by atoms with Crippen LogP contribution in [-0.2, 0) is 26.5 Å². The van der Waals surface area contributed by atoms with Gasteiger partial charge in [0.15, 0.2) is 0 Å². The Morgan fingerprint density at radius 2 is 1.50 bits per heavy atom. The van der Waals surface area contributed by atoms with Gasteiger partial charge in [0.05, 0.1) is 14.2 Å². The number of likely N-dealkylation sites (tertiary alicyclic amines) is 1. The van der Waals surface area contributed by atoms with Crippen LogP contribution in [-0.4, -0.2) is 49.1 Å². The molecule has 4 rings (SSSR count). The third-order valence-electron chi connectivity index (χ3n) is 7.39. The molecule has 9 nitrogen and oxygen atoms in total. The molecule has 2 N–H and O–H groups in total. The van der Waals surface area contributed by atoms with Crippen molar-refractivity contribution in [2.24, 2.45) is 0 Å². The standard InChI is InChI=1S/C31H35N3O6/c1-30(19-8-20-34(30)29(37)40-21-22-9-6-5-7-10-22)27(35)33-31(2,23-11-15-25(38-3)16-12-23)28(36)32-24-13-17-26(39-4)18-14-24/h5-7,9-18H,8,19-21H2,1-4H3,(H,32,36)(H,33,35)/t30-,31?/m0/s1. The van der Waals surface area contributed by atoms with Gasteiger partial charge in [-0.25, -0.2) is 4.79 Å². The van der Waals surface area contributed by atoms with Crippen molar-refractivity contribution in [1.29, 1.82) is 0 Å². The Kier molecular flexibility index (Phi) is 8.62. The molecule has 9 heteroatoms. The molecule has 2 atom stereocenters. The molecule has 1 unspecified atom stereocenters. The van der Waals surface area contributed by atoms with Crippen molar-refractivity contribution in [3.05, 3.63) is 90.0 Å². The van der Waals surface area contributed by atoms with Crippen LogP contribution in [0.5, 0.6) is 11.5 Å². The molecule has 40 heavy (non-hydrogen) atoms. The summed E-state index contributed by atoms with van der Waals surface area (Å²) in [6.07, 6.45) is 0.479. The molecule has 0 aliphatic carbocycles. The van der Waals surface area contributed by atoms with Gasteiger partial charge in [0.1, 0.15) is 29.2 Å². The Labute approximate surface area is 234 Å². The highest BCUT2D eigenvalue weighted by Gasteiger charge is 2.49. The Hall–Kier alpha value is -4.53. The van der Waals surface area contributed by atoms with E-state index >= 15 is 0 Å². The molecule has 0 bridgehead atoms. The first-order chi connectivity index (χ1) is 19.2. The molecule has 3 aromatic rings. The molecule has 3 amide bonds. The van der Waals surface area contributed by atoms with Crippen LogP contribution < -0.4 is 20.1 Å². The van der Waals surface area contributed by atoms with E-state index in [-0.39, 0.29) is 6.61 Å². The number of amides is 3. The molecule has 1 saturated heterocycles. The van der Waals surface area contributed by atoms with Crippen molar-refractivity contribution < 1.29 is 28.6 Å². The van der Waals surface area contributed by atoms with Crippen molar-refractivity contribution in [3.63, 3.8) is 0 Å². The van der Waals surface area contributed by atoms with E-state index in [1.807, 2.05) is 30.3 Å². The van der Waals surface area contributed by atoms with Gasteiger partial charge in [-0.15, -0.1) is 0 Å². The van der Waals surface area contributed by atoms with Gasteiger partial charge in [-0.05, 0) is 74.2 Å². The number of ether oxygens (including phenoxy) is 3. The van der Waals surface area contributed by atoms with Crippen molar-refractivity contribution in [2.75, 3.05) is 26.1 Å². The number of hydrogen-bond donors (Lipinski definition) is 2. The van der Waals surface area contributed by atoms with Crippen LogP contribution in [0, 0.1) is 0 Å². The summed E-state index contributed by atoms with van der Waals surface area (Å²) >= 11 is 0. The average Bonchev–Trinajstić information content (AvgIpc) is 3.39. The Balaban J connectivity index is 1.57. The van der Waals surface area contributed by atoms with E-state index in [1.54, 1.807) is 76.6 Å². The molecular weight excluding hydrogens is 510 g/mol. The zero-order chi connectivity index (χ0) is 28.8. The first kappa shape index (κ1) is 28.5. The Morgan fingerprint density at radius 1 is 0.900 bits per heavy atom. The van der Waals surface area contributed by atoms with Gasteiger partial charge in [0.2, 0.25) is 5.91 Å². The van der Waals surface area contributed by atoms with E-state index in [0.29, 0.717) is 42.1 Å². The van der Waals surface area contributed by atoms with Gasteiger partial charge >= 0.3 is 6.09 Å². The molecule has 0 spiro atoms. The minimum atomic E-state index is -1.48. The van der Waals surface area contributed by atoms with Gasteiger partial charge < -0.3 is 24.8 Å². The highest BCUT2D eigenvalue weighted by atomic mass is 16.6. The van der Waals surface area contributed by atoms with Gasteiger partial charge in [0.25, 0.3) is 5.91 Å². The van der Waals surface area contributed by atoms with Crippen LogP contribution in [0.2, 0.25) is 0 Å². The van der Waals surface area contributed by atoms with Gasteiger partial charge in [-0.2, -0.15) is 0 Å². The topological polar surface area (TPSA) is 106 Å². The second kappa shape index (κ2) is 12.1. The fraction of sp³-hybridized carbons (Fsp3) is 0.323. The summed E-state index contributed by atoms with van der Waals surface area (Å²) in [5.74, 6) is 0.363. The first-order valence-electron chi connectivity index (χ1n) is 13.1. The van der Waals surface area contributed by atoms with Crippen molar-refractivity contribution >= 4 is 23.6 Å². The van der Waals surface area contributed by atoms with Crippen LogP contribution in [0.4, 0.5) is 10.5 Å². The second-order valence-electron chi connectivity index (χ2n) is 10.1. The van der Waals surface area contributed by atoms with Crippen molar-refractivity contribution in [1.82, 2.24) is 10.2 Å². The summed E-state index contributed by atoms with van der Waals surface area (Å²) < 4.78 is 16.0. The molecule has 3 aromatic carbocycles. The minimum Gasteiger partial charge on any atom is -0.497 e. The van der Waals surface area contributed by atoms with Crippen molar-refractivity contribution in [2.45, 2.75) is 44.4 Å². The van der Waals surface area contributed by atoms with Crippen LogP contribution in [0.1, 0.15) is 37.8 Å². The number of benzene rings is 3. The largest absolute Gasteiger partial charge is 0.497 e. The van der Waals surface area contributed by atoms with Crippen LogP contribution in [0.25, 0.3) is 0 Å². The first-order valence-corrected chi connectivity index (χ1v) is 13.1. The van der Waals surface area contributed by atoms with E-state index in [9.17, 15) is 14.4 Å². The fourth-order valence-corrected chi connectivity index (χ4v) is 4.77. The number of rotatable bonds is 9. The molecule has 210 valence electrons. The molecule has 0 saturated carbocycles. The lowest BCUT2D eigenvalue weighted by atomic mass is 9.88. The maximum absolute atomic E-state index is 13.9. The predicted molar refractivity (Wildman–Crippen MR) is 151 cm³/mol. The summed E-state index contributed by atoms with van der Waals surface area (Å²) in [4.78, 5) is 42.2. The normalized spacial score (nSPS) is 17.9. The van der Waals surface area contributed by atoms with E-state index in [1.165, 1.54) is 4.90 Å². The molecule has 1 aliphatic rings. The lowest BCUT2D eigenvalue weighted by Crippen LogP contribution is -2.61. The van der Waals surface area contributed by atoms with E-state index in [2.05, 4.69) is 10.6 Å². The van der Waals surface area contributed by atoms with Crippen LogP contribution in [0.15, 0.2) is 78.9 Å². The Morgan fingerprint density at radius 3 is 2.10 bits per heavy atom. The number of anilines is 1. The molecule has 1 aliphatic heterocycles. The molecule has 0 radical (unpaired) electrons. The van der Waals surface area contributed by atoms with E-state index < -0.39 is 29.0 Å². The predicted octanol–water partition coefficient (Wildman–Crippen LogP) is 4.87. The number of carbonyl (C=O) groups is 3. The molecular formula is C31H35N3O6. The number of hydrogen-bond acceptors (Lipinski definition) is 6. The van der Waals surface area contributed by atoms with E-state index in [0.717, 1.165) is 5.56 Å². The molecule has 0 aromatic heterocycles. The minimum absolute atomic E-state index is 0.0989. The summed E-state index contributed by atoms with van der Waals surface area (Å²) in [6, 6.07) is 23.2. The quantitative estimate of drug-likeness (QED) is 0.398. The summed E-state index contributed by atoms with van der Waals surface area (Å²) in [5, 5.41) is 5.86. The summed E-state index contributed by atoms with van der Waals surface area (Å²) in [7, 11) is 3.12. The lowest BCUT2D eigenvalue weighted by molar-refractivity contribution is -0.136. The maximum Gasteiger partial charge on any atom is 0.410 e. The third kappa shape index (κ3) is 6.03. The zero-order valence-electron chi connectivity index (χ0n) is 23.2. The summed E-state index contributed by atoms with van der Waals surface area (Å²) in [6.45, 7) is 3.81. The number of carbonyl (C=O) groups excluding carboxylic acids is 3. The Bertz CT molecular complexity index is 1330. The second-order valence-corrected chi connectivity index (χ2v) is 10.1. The van der Waals surface area contributed by atoms with Gasteiger partial charge in [-0.3, -0.25) is 14.5 Å². The van der Waals surface area contributed by atoms with Crippen LogP contribution >= 0.6 is 0 Å². The third-order valence-corrected chi connectivity index (χ3v) is 7.39. The lowest BCUT2D eigenvalue weighted by Gasteiger charge is -2.38. The number of methoxy groups -OCH3 is 2. The molecule has 1 fully saturated rings. The highest BCUT2D eigenvalue weighted by Crippen LogP contribution is 2.33. The van der Waals surface area contributed by atoms with Crippen LogP contribution in [0.3, 0.4) is 0 Å². The smallest absolute Gasteiger partial charge is 0.410 e. The van der Waals surface area contributed by atoms with Gasteiger partial charge in [0, 0.05) is 12.2 Å². The van der Waals surface area contributed by atoms with E-state index in [4.69, 9.17) is 14.2 Å². The number of nitrogens with zero attached hydrogens (tertiary/aromatic N) is 1. The maximum atomic E-state index is 13.9. The average molecular weight is 546 g/mol. The molecule has 1 heterocycles. The zero-order valence-corrected chi connectivity index (χ0v) is 23.2. The monoisotopic (exact) mass is 545 g/mol. The van der Waals surface area contributed by atoms with Gasteiger partial charge in [-0.1, -0.05) is 42.5 Å². The highest BCUT2D eigenvalue weighted by molar-refractivity contribution is 6.02. The summed E-state index contributed by atoms with van der Waals surface area (Å²) in [5.41, 5.74) is -0.745. The fourth-order valence-electron chi connectivity index (χ4n) is 4.77. The number of nitrogens with one attached hydrogen (secondary N) is 2.